The molecule has 4 heteroatoms. The molecule has 1 aromatic heterocycles. The number of aromatic nitrogens is 1. The van der Waals surface area contributed by atoms with Gasteiger partial charge in [0.05, 0.1) is 5.02 Å². The molecule has 0 aliphatic carbocycles. The summed E-state index contributed by atoms with van der Waals surface area (Å²) in [7, 11) is 0. The monoisotopic (exact) mass is 266 g/mol. The lowest BCUT2D eigenvalue weighted by atomic mass is 10.0. The maximum Gasteiger partial charge on any atom is 0.168 e. The highest BCUT2D eigenvalue weighted by Gasteiger charge is 2.15. The van der Waals surface area contributed by atoms with E-state index in [2.05, 4.69) is 17.2 Å². The highest BCUT2D eigenvalue weighted by Crippen LogP contribution is 2.32. The average molecular weight is 267 g/mol. The molecule has 0 atom stereocenters. The van der Waals surface area contributed by atoms with Crippen molar-refractivity contribution in [3.8, 4) is 0 Å². The van der Waals surface area contributed by atoms with E-state index in [1.165, 1.54) is 0 Å². The molecule has 0 saturated carbocycles. The number of rotatable bonds is 3. The van der Waals surface area contributed by atoms with E-state index >= 15 is 0 Å². The second-order valence-corrected chi connectivity index (χ2v) is 4.60. The number of halogens is 2. The third-order valence-electron chi connectivity index (χ3n) is 3.06. The molecule has 0 radical (unpaired) electrons. The van der Waals surface area contributed by atoms with Crippen molar-refractivity contribution in [3.05, 3.63) is 34.2 Å². The zero-order chi connectivity index (χ0) is 13.3. The minimum atomic E-state index is -0.445. The third kappa shape index (κ3) is 2.03. The summed E-state index contributed by atoms with van der Waals surface area (Å²) in [6.07, 6.45) is 0.862. The molecular formula is C14H16ClFN2. The van der Waals surface area contributed by atoms with E-state index in [1.54, 1.807) is 6.07 Å². The van der Waals surface area contributed by atoms with Gasteiger partial charge in [-0.2, -0.15) is 0 Å². The van der Waals surface area contributed by atoms with Crippen LogP contribution in [0.4, 0.5) is 10.1 Å². The van der Waals surface area contributed by atoms with Crippen LogP contribution in [0.3, 0.4) is 0 Å². The Morgan fingerprint density at radius 2 is 2.06 bits per heavy atom. The van der Waals surface area contributed by atoms with Crippen molar-refractivity contribution in [2.75, 3.05) is 11.9 Å². The van der Waals surface area contributed by atoms with Crippen molar-refractivity contribution in [1.82, 2.24) is 4.98 Å². The molecule has 2 nitrogen and oxygen atoms in total. The van der Waals surface area contributed by atoms with Crippen LogP contribution < -0.4 is 5.32 Å². The fourth-order valence-electron chi connectivity index (χ4n) is 2.24. The number of anilines is 1. The summed E-state index contributed by atoms with van der Waals surface area (Å²) >= 11 is 5.81. The first-order valence-corrected chi connectivity index (χ1v) is 6.49. The van der Waals surface area contributed by atoms with E-state index in [4.69, 9.17) is 11.6 Å². The standard InChI is InChI=1S/C14H16ClFN2/c1-4-9-8(3)18-14-10(13(9)17-5-2)6-7-11(15)12(14)16/h6-7H,4-5H2,1-3H3,(H,17,18). The van der Waals surface area contributed by atoms with Crippen LogP contribution in [0.25, 0.3) is 10.9 Å². The predicted molar refractivity (Wildman–Crippen MR) is 75.0 cm³/mol. The van der Waals surface area contributed by atoms with Gasteiger partial charge in [0.1, 0.15) is 5.52 Å². The Morgan fingerprint density at radius 1 is 1.33 bits per heavy atom. The molecule has 1 N–H and O–H groups in total. The zero-order valence-corrected chi connectivity index (χ0v) is 11.5. The summed E-state index contributed by atoms with van der Waals surface area (Å²) in [6.45, 7) is 6.78. The maximum absolute atomic E-state index is 14.0. The second kappa shape index (κ2) is 5.11. The first-order valence-electron chi connectivity index (χ1n) is 6.11. The van der Waals surface area contributed by atoms with Gasteiger partial charge in [0.2, 0.25) is 0 Å². The molecule has 0 spiro atoms. The van der Waals surface area contributed by atoms with Gasteiger partial charge >= 0.3 is 0 Å². The number of benzene rings is 1. The van der Waals surface area contributed by atoms with Crippen molar-refractivity contribution in [2.24, 2.45) is 0 Å². The van der Waals surface area contributed by atoms with Gasteiger partial charge in [-0.1, -0.05) is 18.5 Å². The minimum Gasteiger partial charge on any atom is -0.384 e. The minimum absolute atomic E-state index is 0.112. The molecule has 1 heterocycles. The Bertz CT molecular complexity index is 596. The molecular weight excluding hydrogens is 251 g/mol. The van der Waals surface area contributed by atoms with E-state index in [0.717, 1.165) is 35.3 Å². The SMILES string of the molecule is CCNc1c(CC)c(C)nc2c(F)c(Cl)ccc12. The van der Waals surface area contributed by atoms with E-state index in [9.17, 15) is 4.39 Å². The molecule has 2 aromatic rings. The number of nitrogens with zero attached hydrogens (tertiary/aromatic N) is 1. The quantitative estimate of drug-likeness (QED) is 0.894. The van der Waals surface area contributed by atoms with E-state index in [-0.39, 0.29) is 5.02 Å². The fraction of sp³-hybridized carbons (Fsp3) is 0.357. The van der Waals surface area contributed by atoms with Crippen molar-refractivity contribution < 1.29 is 4.39 Å². The topological polar surface area (TPSA) is 24.9 Å². The van der Waals surface area contributed by atoms with Crippen LogP contribution in [0.1, 0.15) is 25.1 Å². The van der Waals surface area contributed by atoms with E-state index in [1.807, 2.05) is 19.9 Å². The second-order valence-electron chi connectivity index (χ2n) is 4.19. The summed E-state index contributed by atoms with van der Waals surface area (Å²) in [5.74, 6) is -0.445. The van der Waals surface area contributed by atoms with Gasteiger partial charge < -0.3 is 5.32 Å². The van der Waals surface area contributed by atoms with Crippen LogP contribution in [-0.4, -0.2) is 11.5 Å². The molecule has 0 aliphatic rings. The van der Waals surface area contributed by atoms with Crippen LogP contribution in [-0.2, 0) is 6.42 Å². The number of hydrogen-bond acceptors (Lipinski definition) is 2. The molecule has 0 amide bonds. The summed E-state index contributed by atoms with van der Waals surface area (Å²) in [5.41, 5.74) is 3.29. The molecule has 0 bridgehead atoms. The van der Waals surface area contributed by atoms with Crippen molar-refractivity contribution in [3.63, 3.8) is 0 Å². The Balaban J connectivity index is 2.86. The molecule has 1 aromatic carbocycles. The number of nitrogens with one attached hydrogen (secondary N) is 1. The van der Waals surface area contributed by atoms with Crippen molar-refractivity contribution in [1.29, 1.82) is 0 Å². The molecule has 0 aliphatic heterocycles. The highest BCUT2D eigenvalue weighted by atomic mass is 35.5. The third-order valence-corrected chi connectivity index (χ3v) is 3.36. The molecule has 0 unspecified atom stereocenters. The molecule has 0 saturated heterocycles. The first-order chi connectivity index (χ1) is 8.60. The van der Waals surface area contributed by atoms with Crippen LogP contribution >= 0.6 is 11.6 Å². The summed E-state index contributed by atoms with van der Waals surface area (Å²) < 4.78 is 14.0. The van der Waals surface area contributed by atoms with E-state index in [0.29, 0.717) is 5.52 Å². The lowest BCUT2D eigenvalue weighted by Gasteiger charge is -2.15. The number of hydrogen-bond donors (Lipinski definition) is 1. The highest BCUT2D eigenvalue weighted by molar-refractivity contribution is 6.31. The molecule has 2 rings (SSSR count). The lowest BCUT2D eigenvalue weighted by molar-refractivity contribution is 0.637. The van der Waals surface area contributed by atoms with Gasteiger partial charge in [-0.15, -0.1) is 0 Å². The average Bonchev–Trinajstić information content (AvgIpc) is 2.35. The van der Waals surface area contributed by atoms with Crippen LogP contribution in [0.5, 0.6) is 0 Å². The number of fused-ring (bicyclic) bond motifs is 1. The van der Waals surface area contributed by atoms with Gasteiger partial charge in [0, 0.05) is 23.3 Å². The summed E-state index contributed by atoms with van der Waals surface area (Å²) in [5, 5.41) is 4.21. The van der Waals surface area contributed by atoms with Crippen LogP contribution in [0, 0.1) is 12.7 Å². The van der Waals surface area contributed by atoms with Gasteiger partial charge in [0.25, 0.3) is 0 Å². The van der Waals surface area contributed by atoms with Gasteiger partial charge in [0.15, 0.2) is 5.82 Å². The maximum atomic E-state index is 14.0. The normalized spacial score (nSPS) is 10.9. The Morgan fingerprint density at radius 3 is 2.67 bits per heavy atom. The lowest BCUT2D eigenvalue weighted by Crippen LogP contribution is -2.05. The molecule has 0 fully saturated rings. The van der Waals surface area contributed by atoms with Crippen molar-refractivity contribution in [2.45, 2.75) is 27.2 Å². The molecule has 96 valence electrons. The van der Waals surface area contributed by atoms with Crippen LogP contribution in [0.2, 0.25) is 5.02 Å². The van der Waals surface area contributed by atoms with Gasteiger partial charge in [-0.05, 0) is 38.0 Å². The Kier molecular flexibility index (Phi) is 3.71. The van der Waals surface area contributed by atoms with Gasteiger partial charge in [-0.25, -0.2) is 9.37 Å². The van der Waals surface area contributed by atoms with Crippen molar-refractivity contribution >= 4 is 28.2 Å². The largest absolute Gasteiger partial charge is 0.384 e. The predicted octanol–water partition coefficient (Wildman–Crippen LogP) is 4.33. The first kappa shape index (κ1) is 13.1. The molecule has 18 heavy (non-hydrogen) atoms. The Labute approximate surface area is 111 Å². The zero-order valence-electron chi connectivity index (χ0n) is 10.8. The van der Waals surface area contributed by atoms with E-state index < -0.39 is 5.82 Å². The van der Waals surface area contributed by atoms with Gasteiger partial charge in [-0.3, -0.25) is 0 Å². The van der Waals surface area contributed by atoms with Crippen LogP contribution in [0.15, 0.2) is 12.1 Å². The smallest absolute Gasteiger partial charge is 0.168 e. The Hall–Kier alpha value is -1.35. The summed E-state index contributed by atoms with van der Waals surface area (Å²) in [4.78, 5) is 4.35. The number of pyridine rings is 1. The summed E-state index contributed by atoms with van der Waals surface area (Å²) in [6, 6.07) is 3.40. The fourth-order valence-corrected chi connectivity index (χ4v) is 2.39. The number of aryl methyl sites for hydroxylation is 1.